The molecule has 0 spiro atoms. The van der Waals surface area contributed by atoms with Crippen molar-refractivity contribution in [3.63, 3.8) is 0 Å². The third-order valence-corrected chi connectivity index (χ3v) is 2.38. The molecule has 1 aliphatic heterocycles. The van der Waals surface area contributed by atoms with Crippen molar-refractivity contribution in [2.75, 3.05) is 0 Å². The van der Waals surface area contributed by atoms with E-state index in [9.17, 15) is 0 Å². The molecule has 1 heterocycles. The van der Waals surface area contributed by atoms with Gasteiger partial charge in [0.1, 0.15) is 0 Å². The van der Waals surface area contributed by atoms with Crippen LogP contribution in [0.25, 0.3) is 10.4 Å². The van der Waals surface area contributed by atoms with E-state index in [1.54, 1.807) is 0 Å². The molecule has 0 aliphatic carbocycles. The molecule has 1 rings (SSSR count). The fourth-order valence-corrected chi connectivity index (χ4v) is 2.42. The topological polar surface area (TPSA) is 60.8 Å². The van der Waals surface area contributed by atoms with E-state index in [1.807, 2.05) is 0 Å². The van der Waals surface area contributed by atoms with E-state index in [2.05, 4.69) is 43.0 Å². The van der Waals surface area contributed by atoms with Crippen molar-refractivity contribution in [1.29, 1.82) is 0 Å². The monoisotopic (exact) mass is 182 g/mol. The molecule has 0 aromatic carbocycles. The van der Waals surface area contributed by atoms with Gasteiger partial charge in [0.05, 0.1) is 0 Å². The largest absolute Gasteiger partial charge is 0.307 e. The molecule has 1 fully saturated rings. The van der Waals surface area contributed by atoms with Crippen LogP contribution in [0.2, 0.25) is 0 Å². The Labute approximate surface area is 79.3 Å². The van der Waals surface area contributed by atoms with E-state index >= 15 is 0 Å². The van der Waals surface area contributed by atoms with Gasteiger partial charge in [-0.25, -0.2) is 0 Å². The van der Waals surface area contributed by atoms with E-state index in [4.69, 9.17) is 5.53 Å². The molecule has 0 radical (unpaired) electrons. The normalized spacial score (nSPS) is 26.5. The Balaban J connectivity index is 2.77. The second-order valence-corrected chi connectivity index (χ2v) is 5.16. The maximum Gasteiger partial charge on any atom is 0.0408 e. The molecular formula is C9H18N4. The van der Waals surface area contributed by atoms with E-state index in [-0.39, 0.29) is 17.1 Å². The lowest BCUT2D eigenvalue weighted by atomic mass is 9.80. The molecule has 4 nitrogen and oxygen atoms in total. The minimum atomic E-state index is 0.0700. The number of hydrogen-bond acceptors (Lipinski definition) is 2. The molecule has 1 saturated heterocycles. The van der Waals surface area contributed by atoms with Crippen LogP contribution in [0.3, 0.4) is 0 Å². The second kappa shape index (κ2) is 3.20. The maximum atomic E-state index is 8.40. The lowest BCUT2D eigenvalue weighted by Gasteiger charge is -2.45. The minimum absolute atomic E-state index is 0.0700. The predicted octanol–water partition coefficient (Wildman–Crippen LogP) is 2.61. The number of azide groups is 1. The van der Waals surface area contributed by atoms with Crippen LogP contribution in [-0.2, 0) is 0 Å². The Morgan fingerprint density at radius 1 is 1.23 bits per heavy atom. The van der Waals surface area contributed by atoms with Gasteiger partial charge in [-0.15, -0.1) is 0 Å². The van der Waals surface area contributed by atoms with Gasteiger partial charge in [-0.2, -0.15) is 0 Å². The first-order chi connectivity index (χ1) is 5.85. The zero-order chi connectivity index (χ0) is 10.1. The lowest BCUT2D eigenvalue weighted by Crippen LogP contribution is -2.58. The highest BCUT2D eigenvalue weighted by Gasteiger charge is 2.36. The number of piperidine rings is 1. The van der Waals surface area contributed by atoms with Gasteiger partial charge in [0.15, 0.2) is 0 Å². The van der Waals surface area contributed by atoms with Crippen LogP contribution in [0.4, 0.5) is 0 Å². The third kappa shape index (κ3) is 2.90. The summed E-state index contributed by atoms with van der Waals surface area (Å²) in [5.41, 5.74) is 8.54. The summed E-state index contributed by atoms with van der Waals surface area (Å²) in [5.74, 6) is 0. The average Bonchev–Trinajstić information content (AvgIpc) is 1.78. The van der Waals surface area contributed by atoms with Gasteiger partial charge >= 0.3 is 0 Å². The van der Waals surface area contributed by atoms with Crippen LogP contribution in [0, 0.1) is 0 Å². The van der Waals surface area contributed by atoms with E-state index in [1.165, 1.54) is 0 Å². The molecule has 0 saturated carbocycles. The fraction of sp³-hybridized carbons (Fsp3) is 1.00. The summed E-state index contributed by atoms with van der Waals surface area (Å²) in [5, 5.41) is 7.35. The van der Waals surface area contributed by atoms with Crippen molar-refractivity contribution in [1.82, 2.24) is 5.32 Å². The van der Waals surface area contributed by atoms with Crippen molar-refractivity contribution >= 4 is 0 Å². The number of nitrogens with one attached hydrogen (secondary N) is 1. The van der Waals surface area contributed by atoms with Gasteiger partial charge < -0.3 is 5.32 Å². The second-order valence-electron chi connectivity index (χ2n) is 5.16. The quantitative estimate of drug-likeness (QED) is 0.378. The Morgan fingerprint density at radius 2 is 1.69 bits per heavy atom. The number of rotatable bonds is 1. The smallest absolute Gasteiger partial charge is 0.0408 e. The number of nitrogens with zero attached hydrogens (tertiary/aromatic N) is 3. The standard InChI is InChI=1S/C9H18N4/c1-8(2)5-7(11-13-10)6-9(3,4)12-8/h7,12H,5-6H2,1-4H3. The Morgan fingerprint density at radius 3 is 2.08 bits per heavy atom. The Hall–Kier alpha value is -0.730. The van der Waals surface area contributed by atoms with Crippen molar-refractivity contribution in [2.45, 2.75) is 57.7 Å². The summed E-state index contributed by atoms with van der Waals surface area (Å²) in [7, 11) is 0. The minimum Gasteiger partial charge on any atom is -0.307 e. The molecule has 13 heavy (non-hydrogen) atoms. The van der Waals surface area contributed by atoms with Crippen LogP contribution in [0.15, 0.2) is 5.11 Å². The first kappa shape index (κ1) is 10.4. The van der Waals surface area contributed by atoms with Gasteiger partial charge in [-0.3, -0.25) is 0 Å². The van der Waals surface area contributed by atoms with Crippen molar-refractivity contribution in [3.05, 3.63) is 10.4 Å². The Kier molecular flexibility index (Phi) is 2.55. The molecule has 0 amide bonds. The average molecular weight is 182 g/mol. The summed E-state index contributed by atoms with van der Waals surface area (Å²) in [6.07, 6.45) is 1.83. The molecule has 4 heteroatoms. The van der Waals surface area contributed by atoms with Gasteiger partial charge in [-0.1, -0.05) is 5.11 Å². The van der Waals surface area contributed by atoms with Crippen LogP contribution in [0.5, 0.6) is 0 Å². The zero-order valence-corrected chi connectivity index (χ0v) is 8.83. The van der Waals surface area contributed by atoms with Crippen molar-refractivity contribution in [3.8, 4) is 0 Å². The van der Waals surface area contributed by atoms with E-state index in [0.717, 1.165) is 12.8 Å². The van der Waals surface area contributed by atoms with Crippen LogP contribution in [0.1, 0.15) is 40.5 Å². The highest BCUT2D eigenvalue weighted by Crippen LogP contribution is 2.30. The van der Waals surface area contributed by atoms with E-state index in [0.29, 0.717) is 0 Å². The SMILES string of the molecule is CC1(C)CC(N=[N+]=[N-])CC(C)(C)N1. The lowest BCUT2D eigenvalue weighted by molar-refractivity contribution is 0.163. The molecule has 0 aromatic heterocycles. The predicted molar refractivity (Wildman–Crippen MR) is 53.5 cm³/mol. The molecule has 0 atom stereocenters. The summed E-state index contributed by atoms with van der Waals surface area (Å²) >= 11 is 0. The van der Waals surface area contributed by atoms with E-state index < -0.39 is 0 Å². The van der Waals surface area contributed by atoms with Crippen molar-refractivity contribution < 1.29 is 0 Å². The molecule has 0 bridgehead atoms. The van der Waals surface area contributed by atoms with Crippen molar-refractivity contribution in [2.24, 2.45) is 5.11 Å². The Bertz CT molecular complexity index is 222. The molecule has 74 valence electrons. The first-order valence-corrected chi connectivity index (χ1v) is 4.68. The summed E-state index contributed by atoms with van der Waals surface area (Å²) in [4.78, 5) is 2.89. The zero-order valence-electron chi connectivity index (χ0n) is 8.83. The molecule has 1 N–H and O–H groups in total. The molecule has 1 aliphatic rings. The highest BCUT2D eigenvalue weighted by atomic mass is 15.2. The van der Waals surface area contributed by atoms with Gasteiger partial charge in [0.25, 0.3) is 0 Å². The maximum absolute atomic E-state index is 8.40. The molecule has 0 unspecified atom stereocenters. The van der Waals surface area contributed by atoms with Crippen LogP contribution in [-0.4, -0.2) is 17.1 Å². The van der Waals surface area contributed by atoms with Crippen LogP contribution < -0.4 is 5.32 Å². The van der Waals surface area contributed by atoms with Crippen LogP contribution >= 0.6 is 0 Å². The van der Waals surface area contributed by atoms with Gasteiger partial charge in [-0.05, 0) is 46.1 Å². The summed E-state index contributed by atoms with van der Waals surface area (Å²) < 4.78 is 0. The van der Waals surface area contributed by atoms with Gasteiger partial charge in [0, 0.05) is 22.0 Å². The fourth-order valence-electron chi connectivity index (χ4n) is 2.42. The molecular weight excluding hydrogens is 164 g/mol. The summed E-state index contributed by atoms with van der Waals surface area (Å²) in [6.45, 7) is 8.59. The molecule has 0 aromatic rings. The highest BCUT2D eigenvalue weighted by molar-refractivity contribution is 4.99. The van der Waals surface area contributed by atoms with Gasteiger partial charge in [0.2, 0.25) is 0 Å². The first-order valence-electron chi connectivity index (χ1n) is 4.68. The number of hydrogen-bond donors (Lipinski definition) is 1. The third-order valence-electron chi connectivity index (χ3n) is 2.38. The summed E-state index contributed by atoms with van der Waals surface area (Å²) in [6, 6.07) is 0.135.